The number of hydrogen-bond donors (Lipinski definition) is 2. The van der Waals surface area contributed by atoms with Gasteiger partial charge in [-0.1, -0.05) is 54.4 Å². The smallest absolute Gasteiger partial charge is 0.251 e. The molecule has 0 unspecified atom stereocenters. The third-order valence-electron chi connectivity index (χ3n) is 4.09. The second kappa shape index (κ2) is 9.17. The van der Waals surface area contributed by atoms with Gasteiger partial charge < -0.3 is 5.32 Å². The third kappa shape index (κ3) is 5.42. The van der Waals surface area contributed by atoms with E-state index in [0.29, 0.717) is 6.42 Å². The topological polar surface area (TPSA) is 75.3 Å². The summed E-state index contributed by atoms with van der Waals surface area (Å²) < 4.78 is 27.0. The molecule has 27 heavy (non-hydrogen) atoms. The number of benzene rings is 2. The van der Waals surface area contributed by atoms with Gasteiger partial charge >= 0.3 is 0 Å². The predicted octanol–water partition coefficient (Wildman–Crippen LogP) is 3.99. The number of carbonyl (C=O) groups excluding carboxylic acids is 1. The highest BCUT2D eigenvalue weighted by Crippen LogP contribution is 2.24. The first-order valence-electron chi connectivity index (χ1n) is 8.56. The van der Waals surface area contributed by atoms with Gasteiger partial charge in [-0.3, -0.25) is 4.79 Å². The van der Waals surface area contributed by atoms with E-state index in [1.165, 1.54) is 24.3 Å². The monoisotopic (exact) mass is 406 g/mol. The van der Waals surface area contributed by atoms with Crippen LogP contribution >= 0.6 is 11.6 Å². The van der Waals surface area contributed by atoms with Gasteiger partial charge in [-0.25, -0.2) is 13.1 Å². The molecule has 0 fully saturated rings. The van der Waals surface area contributed by atoms with Crippen LogP contribution < -0.4 is 10.0 Å². The molecule has 0 radical (unpaired) electrons. The Kier molecular flexibility index (Phi) is 7.18. The number of nitrogens with one attached hydrogen (secondary N) is 2. The summed E-state index contributed by atoms with van der Waals surface area (Å²) in [7, 11) is -3.83. The van der Waals surface area contributed by atoms with Gasteiger partial charge in [0.15, 0.2) is 0 Å². The molecule has 2 N–H and O–H groups in total. The van der Waals surface area contributed by atoms with Crippen molar-refractivity contribution in [1.82, 2.24) is 10.0 Å². The highest BCUT2D eigenvalue weighted by molar-refractivity contribution is 7.89. The molecule has 1 amide bonds. The van der Waals surface area contributed by atoms with E-state index in [1.54, 1.807) is 0 Å². The molecule has 0 aliphatic heterocycles. The standard InChI is InChI=1S/C20H23ClN2O3S/c1-4-12-22-27(25,26)19-13-16(10-11-17(19)21)20(24)23-18(5-2)15-8-6-14(3)7-9-15/h4,6-11,13,18,22H,1,5,12H2,2-3H3,(H,23,24)/t18-/m1/s1. The average molecular weight is 407 g/mol. The summed E-state index contributed by atoms with van der Waals surface area (Å²) in [6.45, 7) is 7.52. The maximum atomic E-state index is 12.7. The summed E-state index contributed by atoms with van der Waals surface area (Å²) in [5.74, 6) is -0.362. The fraction of sp³-hybridized carbons (Fsp3) is 0.250. The molecule has 144 valence electrons. The maximum Gasteiger partial charge on any atom is 0.251 e. The molecule has 0 aliphatic rings. The summed E-state index contributed by atoms with van der Waals surface area (Å²) in [4.78, 5) is 12.5. The van der Waals surface area contributed by atoms with Crippen molar-refractivity contribution >= 4 is 27.5 Å². The SMILES string of the molecule is C=CCNS(=O)(=O)c1cc(C(=O)N[C@H](CC)c2ccc(C)cc2)ccc1Cl. The molecule has 0 saturated heterocycles. The molecule has 2 aromatic carbocycles. The molecule has 7 heteroatoms. The summed E-state index contributed by atoms with van der Waals surface area (Å²) in [5.41, 5.74) is 2.36. The highest BCUT2D eigenvalue weighted by atomic mass is 35.5. The predicted molar refractivity (Wildman–Crippen MR) is 109 cm³/mol. The van der Waals surface area contributed by atoms with Crippen LogP contribution in [0.1, 0.15) is 40.9 Å². The summed E-state index contributed by atoms with van der Waals surface area (Å²) in [5, 5.41) is 3.00. The zero-order chi connectivity index (χ0) is 20.0. The van der Waals surface area contributed by atoms with Crippen molar-refractivity contribution in [1.29, 1.82) is 0 Å². The molecule has 0 aromatic heterocycles. The van der Waals surface area contributed by atoms with Crippen LogP contribution in [0.25, 0.3) is 0 Å². The fourth-order valence-electron chi connectivity index (χ4n) is 2.56. The number of carbonyl (C=O) groups is 1. The van der Waals surface area contributed by atoms with Crippen molar-refractivity contribution in [2.45, 2.75) is 31.2 Å². The first-order valence-corrected chi connectivity index (χ1v) is 10.4. The van der Waals surface area contributed by atoms with Crippen LogP contribution in [-0.4, -0.2) is 20.9 Å². The highest BCUT2D eigenvalue weighted by Gasteiger charge is 2.21. The van der Waals surface area contributed by atoms with E-state index in [9.17, 15) is 13.2 Å². The van der Waals surface area contributed by atoms with Gasteiger partial charge in [0.25, 0.3) is 5.91 Å². The molecule has 1 atom stereocenters. The molecular formula is C20H23ClN2O3S. The Morgan fingerprint density at radius 2 is 1.89 bits per heavy atom. The third-order valence-corrected chi connectivity index (χ3v) is 6.00. The first-order chi connectivity index (χ1) is 12.8. The Bertz CT molecular complexity index is 925. The molecule has 2 aromatic rings. The van der Waals surface area contributed by atoms with Crippen LogP contribution in [0.5, 0.6) is 0 Å². The summed E-state index contributed by atoms with van der Waals surface area (Å²) >= 11 is 6.03. The van der Waals surface area contributed by atoms with Gasteiger partial charge in [0, 0.05) is 12.1 Å². The maximum absolute atomic E-state index is 12.7. The van der Waals surface area contributed by atoms with Gasteiger partial charge in [0.05, 0.1) is 11.1 Å². The van der Waals surface area contributed by atoms with Crippen molar-refractivity contribution in [2.24, 2.45) is 0 Å². The quantitative estimate of drug-likeness (QED) is 0.651. The lowest BCUT2D eigenvalue weighted by Gasteiger charge is -2.18. The Morgan fingerprint density at radius 3 is 2.48 bits per heavy atom. The number of amides is 1. The van der Waals surface area contributed by atoms with Gasteiger partial charge in [-0.15, -0.1) is 6.58 Å². The van der Waals surface area contributed by atoms with Crippen LogP contribution in [0.15, 0.2) is 60.0 Å². The first kappa shape index (κ1) is 21.2. The van der Waals surface area contributed by atoms with E-state index in [4.69, 9.17) is 11.6 Å². The number of rotatable bonds is 8. The average Bonchev–Trinajstić information content (AvgIpc) is 2.65. The molecule has 0 spiro atoms. The number of hydrogen-bond acceptors (Lipinski definition) is 3. The lowest BCUT2D eigenvalue weighted by atomic mass is 10.0. The minimum absolute atomic E-state index is 0.0497. The van der Waals surface area contributed by atoms with Crippen LogP contribution in [0, 0.1) is 6.92 Å². The fourth-order valence-corrected chi connectivity index (χ4v) is 4.08. The molecule has 2 rings (SSSR count). The zero-order valence-corrected chi connectivity index (χ0v) is 16.9. The van der Waals surface area contributed by atoms with E-state index in [1.807, 2.05) is 38.1 Å². The molecule has 0 aliphatic carbocycles. The second-order valence-electron chi connectivity index (χ2n) is 6.13. The molecule has 5 nitrogen and oxygen atoms in total. The lowest BCUT2D eigenvalue weighted by Crippen LogP contribution is -2.29. The minimum atomic E-state index is -3.83. The normalized spacial score (nSPS) is 12.4. The van der Waals surface area contributed by atoms with Crippen LogP contribution in [-0.2, 0) is 10.0 Å². The van der Waals surface area contributed by atoms with E-state index < -0.39 is 10.0 Å². The molecule has 0 saturated carbocycles. The minimum Gasteiger partial charge on any atom is -0.345 e. The Labute approximate surface area is 165 Å². The molecular weight excluding hydrogens is 384 g/mol. The van der Waals surface area contributed by atoms with E-state index in [0.717, 1.165) is 11.1 Å². The van der Waals surface area contributed by atoms with Gasteiger partial charge in [0.1, 0.15) is 4.90 Å². The zero-order valence-electron chi connectivity index (χ0n) is 15.3. The van der Waals surface area contributed by atoms with Crippen LogP contribution in [0.3, 0.4) is 0 Å². The molecule has 0 heterocycles. The van der Waals surface area contributed by atoms with Crippen LogP contribution in [0.4, 0.5) is 0 Å². The van der Waals surface area contributed by atoms with Crippen LogP contribution in [0.2, 0.25) is 5.02 Å². The van der Waals surface area contributed by atoms with E-state index >= 15 is 0 Å². The van der Waals surface area contributed by atoms with Crippen molar-refractivity contribution in [3.8, 4) is 0 Å². The number of sulfonamides is 1. The molecule has 0 bridgehead atoms. The Balaban J connectivity index is 2.26. The Hall–Kier alpha value is -2.15. The van der Waals surface area contributed by atoms with Crippen molar-refractivity contribution in [2.75, 3.05) is 6.54 Å². The lowest BCUT2D eigenvalue weighted by molar-refractivity contribution is 0.0935. The largest absolute Gasteiger partial charge is 0.345 e. The van der Waals surface area contributed by atoms with Crippen molar-refractivity contribution in [3.05, 3.63) is 76.8 Å². The van der Waals surface area contributed by atoms with Gasteiger partial charge in [-0.05, 0) is 37.1 Å². The van der Waals surface area contributed by atoms with Crippen molar-refractivity contribution < 1.29 is 13.2 Å². The van der Waals surface area contributed by atoms with E-state index in [2.05, 4.69) is 16.6 Å². The summed E-state index contributed by atoms with van der Waals surface area (Å²) in [6, 6.07) is 11.9. The Morgan fingerprint density at radius 1 is 1.22 bits per heavy atom. The summed E-state index contributed by atoms with van der Waals surface area (Å²) in [6.07, 6.45) is 2.13. The van der Waals surface area contributed by atoms with Gasteiger partial charge in [0.2, 0.25) is 10.0 Å². The number of halogens is 1. The second-order valence-corrected chi connectivity index (χ2v) is 8.27. The van der Waals surface area contributed by atoms with Crippen molar-refractivity contribution in [3.63, 3.8) is 0 Å². The number of aryl methyl sites for hydroxylation is 1. The van der Waals surface area contributed by atoms with E-state index in [-0.39, 0.29) is 34.0 Å². The van der Waals surface area contributed by atoms with Gasteiger partial charge in [-0.2, -0.15) is 0 Å².